The maximum atomic E-state index is 6.25. The van der Waals surface area contributed by atoms with E-state index in [9.17, 15) is 0 Å². The highest BCUT2D eigenvalue weighted by molar-refractivity contribution is 6.33. The van der Waals surface area contributed by atoms with E-state index in [2.05, 4.69) is 46.0 Å². The van der Waals surface area contributed by atoms with Crippen LogP contribution in [0.4, 0.5) is 0 Å². The summed E-state index contributed by atoms with van der Waals surface area (Å²) in [5.41, 5.74) is 2.93. The van der Waals surface area contributed by atoms with E-state index in [0.29, 0.717) is 27.3 Å². The first-order chi connectivity index (χ1) is 13.6. The van der Waals surface area contributed by atoms with E-state index in [-0.39, 0.29) is 17.5 Å². The molecule has 2 fully saturated rings. The lowest BCUT2D eigenvalue weighted by molar-refractivity contribution is 0.161. The molecule has 28 heavy (non-hydrogen) atoms. The Balaban J connectivity index is 1.58. The summed E-state index contributed by atoms with van der Waals surface area (Å²) in [6.45, 7) is 2.35. The molecule has 2 aliphatic carbocycles. The Morgan fingerprint density at radius 3 is 2.18 bits per heavy atom. The first-order valence-corrected chi connectivity index (χ1v) is 9.98. The van der Waals surface area contributed by atoms with Gasteiger partial charge in [0.25, 0.3) is 0 Å². The molecule has 2 aliphatic rings. The van der Waals surface area contributed by atoms with Crippen LogP contribution >= 0.6 is 23.2 Å². The summed E-state index contributed by atoms with van der Waals surface area (Å²) in [6.07, 6.45) is 10.2. The normalized spacial score (nSPS) is 29.3. The van der Waals surface area contributed by atoms with Gasteiger partial charge in [0.15, 0.2) is 21.6 Å². The van der Waals surface area contributed by atoms with Crippen LogP contribution in [0, 0.1) is 11.3 Å². The molecule has 0 unspecified atom stereocenters. The van der Waals surface area contributed by atoms with Crippen molar-refractivity contribution in [2.24, 2.45) is 11.3 Å². The number of nitrogens with zero attached hydrogens (tertiary/aromatic N) is 8. The minimum atomic E-state index is 0.133. The minimum absolute atomic E-state index is 0.133. The summed E-state index contributed by atoms with van der Waals surface area (Å²) in [6, 6.07) is 0.342. The van der Waals surface area contributed by atoms with E-state index in [1.54, 1.807) is 0 Å². The lowest BCUT2D eigenvalue weighted by atomic mass is 9.79. The Morgan fingerprint density at radius 1 is 0.893 bits per heavy atom. The van der Waals surface area contributed by atoms with E-state index < -0.39 is 0 Å². The molecule has 0 radical (unpaired) electrons. The van der Waals surface area contributed by atoms with Crippen LogP contribution in [-0.2, 0) is 0 Å². The van der Waals surface area contributed by atoms with Crippen molar-refractivity contribution in [3.8, 4) is 0 Å². The Bertz CT molecular complexity index is 1230. The molecule has 142 valence electrons. The molecule has 0 saturated heterocycles. The van der Waals surface area contributed by atoms with Crippen LogP contribution in [0.15, 0.2) is 25.3 Å². The summed E-state index contributed by atoms with van der Waals surface area (Å²) < 4.78 is 4.33. The zero-order valence-electron chi connectivity index (χ0n) is 15.0. The summed E-state index contributed by atoms with van der Waals surface area (Å²) in [7, 11) is 0. The predicted octanol–water partition coefficient (Wildman–Crippen LogP) is 3.88. The molecule has 10 heteroatoms. The third-order valence-electron chi connectivity index (χ3n) is 6.58. The molecule has 8 nitrogen and oxygen atoms in total. The largest absolute Gasteiger partial charge is 0.310 e. The summed E-state index contributed by atoms with van der Waals surface area (Å²) in [5, 5.41) is 0.753. The molecule has 4 aromatic heterocycles. The molecular formula is C18H16Cl2N8. The number of fused-ring (bicyclic) bond motifs is 4. The Kier molecular flexibility index (Phi) is 3.33. The fourth-order valence-electron chi connectivity index (χ4n) is 5.50. The van der Waals surface area contributed by atoms with E-state index >= 15 is 0 Å². The van der Waals surface area contributed by atoms with Crippen molar-refractivity contribution in [3.05, 3.63) is 35.6 Å². The average Bonchev–Trinajstić information content (AvgIpc) is 3.42. The van der Waals surface area contributed by atoms with Gasteiger partial charge in [-0.15, -0.1) is 0 Å². The Labute approximate surface area is 170 Å². The van der Waals surface area contributed by atoms with Gasteiger partial charge in [0.2, 0.25) is 0 Å². The van der Waals surface area contributed by atoms with E-state index in [1.165, 1.54) is 25.5 Å². The number of hydrogen-bond acceptors (Lipinski definition) is 6. The van der Waals surface area contributed by atoms with Crippen LogP contribution in [0.2, 0.25) is 10.3 Å². The van der Waals surface area contributed by atoms with E-state index in [4.69, 9.17) is 23.2 Å². The van der Waals surface area contributed by atoms with Crippen molar-refractivity contribution < 1.29 is 0 Å². The summed E-state index contributed by atoms with van der Waals surface area (Å²) in [4.78, 5) is 26.1. The Morgan fingerprint density at radius 2 is 1.50 bits per heavy atom. The van der Waals surface area contributed by atoms with E-state index in [0.717, 1.165) is 17.7 Å². The van der Waals surface area contributed by atoms with Gasteiger partial charge in [0.05, 0.1) is 24.7 Å². The third kappa shape index (κ3) is 2.07. The smallest absolute Gasteiger partial charge is 0.165 e. The quantitative estimate of drug-likeness (QED) is 0.462. The van der Waals surface area contributed by atoms with Crippen molar-refractivity contribution in [1.82, 2.24) is 39.0 Å². The number of imidazole rings is 2. The van der Waals surface area contributed by atoms with Gasteiger partial charge in [0, 0.05) is 0 Å². The van der Waals surface area contributed by atoms with Crippen molar-refractivity contribution in [1.29, 1.82) is 0 Å². The molecule has 0 aromatic carbocycles. The van der Waals surface area contributed by atoms with E-state index in [1.807, 2.05) is 12.7 Å². The summed E-state index contributed by atoms with van der Waals surface area (Å²) >= 11 is 12.5. The second-order valence-corrected chi connectivity index (χ2v) is 8.79. The summed E-state index contributed by atoms with van der Waals surface area (Å²) in [5.74, 6) is 0.524. The lowest BCUT2D eigenvalue weighted by Crippen LogP contribution is -2.33. The molecule has 0 N–H and O–H groups in total. The van der Waals surface area contributed by atoms with Crippen LogP contribution in [0.25, 0.3) is 22.3 Å². The minimum Gasteiger partial charge on any atom is -0.310 e. The highest BCUT2D eigenvalue weighted by Crippen LogP contribution is 2.64. The maximum absolute atomic E-state index is 6.25. The molecule has 0 amide bonds. The molecular weight excluding hydrogens is 399 g/mol. The van der Waals surface area contributed by atoms with Gasteiger partial charge in [-0.05, 0) is 30.6 Å². The molecule has 6 rings (SSSR count). The fourth-order valence-corrected chi connectivity index (χ4v) is 5.85. The highest BCUT2D eigenvalue weighted by Gasteiger charge is 2.57. The van der Waals surface area contributed by atoms with Crippen molar-refractivity contribution >= 4 is 45.5 Å². The maximum Gasteiger partial charge on any atom is 0.165 e. The monoisotopic (exact) mass is 414 g/mol. The van der Waals surface area contributed by atoms with Crippen LogP contribution < -0.4 is 0 Å². The first kappa shape index (κ1) is 16.6. The van der Waals surface area contributed by atoms with Gasteiger partial charge >= 0.3 is 0 Å². The van der Waals surface area contributed by atoms with Crippen molar-refractivity contribution in [2.45, 2.75) is 38.3 Å². The van der Waals surface area contributed by atoms with Crippen molar-refractivity contribution in [2.75, 3.05) is 0 Å². The second-order valence-electron chi connectivity index (χ2n) is 8.07. The molecule has 4 aromatic rings. The zero-order chi connectivity index (χ0) is 19.0. The van der Waals surface area contributed by atoms with Crippen LogP contribution in [-0.4, -0.2) is 39.0 Å². The van der Waals surface area contributed by atoms with Crippen LogP contribution in [0.5, 0.6) is 0 Å². The van der Waals surface area contributed by atoms with Crippen molar-refractivity contribution in [3.63, 3.8) is 0 Å². The molecule has 4 heterocycles. The number of rotatable bonds is 2. The number of aromatic nitrogens is 8. The predicted molar refractivity (Wildman–Crippen MR) is 104 cm³/mol. The molecule has 2 bridgehead atoms. The second kappa shape index (κ2) is 5.61. The number of hydrogen-bond donors (Lipinski definition) is 0. The van der Waals surface area contributed by atoms with Gasteiger partial charge in [-0.1, -0.05) is 30.1 Å². The molecule has 0 aliphatic heterocycles. The van der Waals surface area contributed by atoms with Gasteiger partial charge in [0.1, 0.15) is 23.7 Å². The van der Waals surface area contributed by atoms with Gasteiger partial charge in [-0.3, -0.25) is 0 Å². The standard InChI is InChI=1S/C18H16Cl2N8/c1-18-3-2-9(4-18)12(27-7-25-10-14(19)21-5-23-16(10)27)13(18)28-8-26-11-15(20)22-6-24-17(11)28/h5-9,12-13H,2-4H2,1H3/t9-,12-,13+,18+/m0/s1. The lowest BCUT2D eigenvalue weighted by Gasteiger charge is -2.38. The Hall–Kier alpha value is -2.32. The topological polar surface area (TPSA) is 87.2 Å². The van der Waals surface area contributed by atoms with Gasteiger partial charge in [-0.2, -0.15) is 0 Å². The van der Waals surface area contributed by atoms with Gasteiger partial charge < -0.3 is 9.13 Å². The SMILES string of the molecule is C[C@@]12CC[C@@H](C1)[C@H](n1cnc3c(Cl)ncnc31)[C@H]2n1cnc2c(Cl)ncnc21. The third-order valence-corrected chi connectivity index (χ3v) is 7.14. The van der Waals surface area contributed by atoms with Gasteiger partial charge in [-0.25, -0.2) is 29.9 Å². The molecule has 0 spiro atoms. The van der Waals surface area contributed by atoms with Crippen LogP contribution in [0.3, 0.4) is 0 Å². The molecule has 2 saturated carbocycles. The average molecular weight is 415 g/mol. The number of halogens is 2. The highest BCUT2D eigenvalue weighted by atomic mass is 35.5. The fraction of sp³-hybridized carbons (Fsp3) is 0.444. The molecule has 4 atom stereocenters. The first-order valence-electron chi connectivity index (χ1n) is 9.23. The van der Waals surface area contributed by atoms with Crippen LogP contribution in [0.1, 0.15) is 38.3 Å². The zero-order valence-corrected chi connectivity index (χ0v) is 16.5.